The fourth-order valence-corrected chi connectivity index (χ4v) is 3.30. The van der Waals surface area contributed by atoms with Gasteiger partial charge in [0.1, 0.15) is 5.82 Å². The highest BCUT2D eigenvalue weighted by atomic mass is 16.5. The largest absolute Gasteiger partial charge is 0.468 e. The number of benzene rings is 1. The average molecular weight is 363 g/mol. The van der Waals surface area contributed by atoms with Crippen molar-refractivity contribution in [3.8, 4) is 11.4 Å². The van der Waals surface area contributed by atoms with Gasteiger partial charge in [-0.15, -0.1) is 0 Å². The number of pyridine rings is 1. The number of anilines is 1. The SMILES string of the molecule is COC(=O)CN1CCN(c2nc(-c3ccncc3)nc3ccccc23)CC1. The summed E-state index contributed by atoms with van der Waals surface area (Å²) in [5.41, 5.74) is 1.87. The maximum absolute atomic E-state index is 11.5. The van der Waals surface area contributed by atoms with Gasteiger partial charge in [-0.25, -0.2) is 9.97 Å². The maximum atomic E-state index is 11.5. The van der Waals surface area contributed by atoms with Crippen molar-refractivity contribution in [3.63, 3.8) is 0 Å². The Hall–Kier alpha value is -3.06. The molecule has 0 radical (unpaired) electrons. The summed E-state index contributed by atoms with van der Waals surface area (Å²) >= 11 is 0. The van der Waals surface area contributed by atoms with Gasteiger partial charge in [0.25, 0.3) is 0 Å². The minimum absolute atomic E-state index is 0.198. The Morgan fingerprint density at radius 3 is 2.52 bits per heavy atom. The molecule has 0 aliphatic carbocycles. The fraction of sp³-hybridized carbons (Fsp3) is 0.300. The van der Waals surface area contributed by atoms with Crippen molar-refractivity contribution >= 4 is 22.7 Å². The summed E-state index contributed by atoms with van der Waals surface area (Å²) in [4.78, 5) is 29.6. The number of para-hydroxylation sites is 1. The van der Waals surface area contributed by atoms with Gasteiger partial charge < -0.3 is 9.64 Å². The number of hydrogen-bond donors (Lipinski definition) is 0. The van der Waals surface area contributed by atoms with Crippen molar-refractivity contribution in [2.75, 3.05) is 44.7 Å². The number of carbonyl (C=O) groups excluding carboxylic acids is 1. The Morgan fingerprint density at radius 1 is 1.04 bits per heavy atom. The van der Waals surface area contributed by atoms with Crippen LogP contribution in [0.15, 0.2) is 48.8 Å². The number of nitrogens with zero attached hydrogens (tertiary/aromatic N) is 5. The minimum Gasteiger partial charge on any atom is -0.468 e. The second kappa shape index (κ2) is 7.67. The van der Waals surface area contributed by atoms with Crippen LogP contribution in [0.1, 0.15) is 0 Å². The molecule has 1 aromatic carbocycles. The standard InChI is InChI=1S/C20H21N5O2/c1-27-18(26)14-24-10-12-25(13-11-24)20-16-4-2-3-5-17(16)22-19(23-20)15-6-8-21-9-7-15/h2-9H,10-14H2,1H3. The summed E-state index contributed by atoms with van der Waals surface area (Å²) in [5.74, 6) is 1.43. The lowest BCUT2D eigenvalue weighted by atomic mass is 10.2. The van der Waals surface area contributed by atoms with Crippen molar-refractivity contribution < 1.29 is 9.53 Å². The summed E-state index contributed by atoms with van der Waals surface area (Å²) < 4.78 is 4.77. The van der Waals surface area contributed by atoms with Gasteiger partial charge in [0.15, 0.2) is 5.82 Å². The van der Waals surface area contributed by atoms with Gasteiger partial charge in [0.2, 0.25) is 0 Å². The summed E-state index contributed by atoms with van der Waals surface area (Å²) in [5, 5.41) is 1.04. The molecule has 138 valence electrons. The van der Waals surface area contributed by atoms with Crippen LogP contribution in [0, 0.1) is 0 Å². The van der Waals surface area contributed by atoms with Gasteiger partial charge in [-0.2, -0.15) is 0 Å². The number of fused-ring (bicyclic) bond motifs is 1. The Kier molecular flexibility index (Phi) is 4.93. The van der Waals surface area contributed by atoms with E-state index in [4.69, 9.17) is 14.7 Å². The first-order chi connectivity index (χ1) is 13.2. The van der Waals surface area contributed by atoms with E-state index in [0.717, 1.165) is 48.5 Å². The molecule has 0 atom stereocenters. The molecule has 3 heterocycles. The zero-order valence-corrected chi connectivity index (χ0v) is 15.2. The Bertz CT molecular complexity index is 940. The lowest BCUT2D eigenvalue weighted by Crippen LogP contribution is -2.48. The van der Waals surface area contributed by atoms with E-state index >= 15 is 0 Å². The molecule has 1 aliphatic heterocycles. The predicted molar refractivity (Wildman–Crippen MR) is 103 cm³/mol. The highest BCUT2D eigenvalue weighted by Gasteiger charge is 2.22. The summed E-state index contributed by atoms with van der Waals surface area (Å²) in [6.07, 6.45) is 3.50. The maximum Gasteiger partial charge on any atom is 0.319 e. The molecular formula is C20H21N5O2. The second-order valence-corrected chi connectivity index (χ2v) is 6.46. The first-order valence-corrected chi connectivity index (χ1v) is 8.96. The van der Waals surface area contributed by atoms with Crippen molar-refractivity contribution in [3.05, 3.63) is 48.8 Å². The van der Waals surface area contributed by atoms with Gasteiger partial charge in [0.05, 0.1) is 19.2 Å². The molecule has 0 unspecified atom stereocenters. The van der Waals surface area contributed by atoms with E-state index in [1.165, 1.54) is 7.11 Å². The van der Waals surface area contributed by atoms with Crippen LogP contribution in [0.4, 0.5) is 5.82 Å². The number of aromatic nitrogens is 3. The molecule has 7 nitrogen and oxygen atoms in total. The van der Waals surface area contributed by atoms with E-state index in [-0.39, 0.29) is 5.97 Å². The number of rotatable bonds is 4. The predicted octanol–water partition coefficient (Wildman–Crippen LogP) is 1.99. The summed E-state index contributed by atoms with van der Waals surface area (Å²) in [6, 6.07) is 11.9. The number of ether oxygens (including phenoxy) is 1. The number of methoxy groups -OCH3 is 1. The van der Waals surface area contributed by atoms with E-state index in [0.29, 0.717) is 12.4 Å². The third kappa shape index (κ3) is 3.73. The number of piperazine rings is 1. The van der Waals surface area contributed by atoms with Crippen LogP contribution in [0.25, 0.3) is 22.3 Å². The smallest absolute Gasteiger partial charge is 0.319 e. The van der Waals surface area contributed by atoms with Crippen LogP contribution in [0.5, 0.6) is 0 Å². The fourth-order valence-electron chi connectivity index (χ4n) is 3.30. The van der Waals surface area contributed by atoms with Crippen LogP contribution in [-0.2, 0) is 9.53 Å². The Morgan fingerprint density at radius 2 is 1.78 bits per heavy atom. The average Bonchev–Trinajstić information content (AvgIpc) is 2.74. The Labute approximate surface area is 157 Å². The normalized spacial score (nSPS) is 15.1. The van der Waals surface area contributed by atoms with E-state index in [1.807, 2.05) is 30.3 Å². The molecule has 0 spiro atoms. The van der Waals surface area contributed by atoms with E-state index in [1.54, 1.807) is 12.4 Å². The van der Waals surface area contributed by atoms with Crippen molar-refractivity contribution in [2.45, 2.75) is 0 Å². The molecule has 0 N–H and O–H groups in total. The van der Waals surface area contributed by atoms with Crippen LogP contribution in [0.2, 0.25) is 0 Å². The zero-order chi connectivity index (χ0) is 18.6. The topological polar surface area (TPSA) is 71.5 Å². The summed E-state index contributed by atoms with van der Waals surface area (Å²) in [7, 11) is 1.42. The highest BCUT2D eigenvalue weighted by molar-refractivity contribution is 5.91. The van der Waals surface area contributed by atoms with E-state index in [9.17, 15) is 4.79 Å². The summed E-state index contributed by atoms with van der Waals surface area (Å²) in [6.45, 7) is 3.51. The van der Waals surface area contributed by atoms with Gasteiger partial charge in [-0.3, -0.25) is 14.7 Å². The first-order valence-electron chi connectivity index (χ1n) is 8.96. The van der Waals surface area contributed by atoms with Gasteiger partial charge in [0, 0.05) is 49.5 Å². The monoisotopic (exact) mass is 363 g/mol. The third-order valence-corrected chi connectivity index (χ3v) is 4.77. The van der Waals surface area contributed by atoms with Gasteiger partial charge in [-0.05, 0) is 24.3 Å². The molecule has 0 bridgehead atoms. The quantitative estimate of drug-likeness (QED) is 0.657. The highest BCUT2D eigenvalue weighted by Crippen LogP contribution is 2.28. The zero-order valence-electron chi connectivity index (χ0n) is 15.2. The van der Waals surface area contributed by atoms with E-state index < -0.39 is 0 Å². The van der Waals surface area contributed by atoms with Gasteiger partial charge >= 0.3 is 5.97 Å². The number of carbonyl (C=O) groups is 1. The van der Waals surface area contributed by atoms with Crippen LogP contribution in [0.3, 0.4) is 0 Å². The second-order valence-electron chi connectivity index (χ2n) is 6.46. The molecule has 2 aromatic heterocycles. The molecule has 1 fully saturated rings. The Balaban J connectivity index is 1.64. The van der Waals surface area contributed by atoms with Crippen LogP contribution in [-0.4, -0.2) is 65.7 Å². The van der Waals surface area contributed by atoms with Crippen molar-refractivity contribution in [1.29, 1.82) is 0 Å². The number of esters is 1. The molecule has 1 saturated heterocycles. The number of hydrogen-bond acceptors (Lipinski definition) is 7. The van der Waals surface area contributed by atoms with Gasteiger partial charge in [-0.1, -0.05) is 12.1 Å². The van der Waals surface area contributed by atoms with Crippen molar-refractivity contribution in [2.24, 2.45) is 0 Å². The molecule has 3 aromatic rings. The van der Waals surface area contributed by atoms with Crippen molar-refractivity contribution in [1.82, 2.24) is 19.9 Å². The molecule has 4 rings (SSSR count). The molecule has 7 heteroatoms. The lowest BCUT2D eigenvalue weighted by molar-refractivity contribution is -0.142. The molecule has 0 amide bonds. The van der Waals surface area contributed by atoms with Crippen LogP contribution >= 0.6 is 0 Å². The lowest BCUT2D eigenvalue weighted by Gasteiger charge is -2.35. The third-order valence-electron chi connectivity index (χ3n) is 4.77. The first kappa shape index (κ1) is 17.4. The van der Waals surface area contributed by atoms with E-state index in [2.05, 4.69) is 20.9 Å². The molecule has 1 aliphatic rings. The van der Waals surface area contributed by atoms with Crippen LogP contribution < -0.4 is 4.90 Å². The molecular weight excluding hydrogens is 342 g/mol. The molecule has 27 heavy (non-hydrogen) atoms. The minimum atomic E-state index is -0.198. The molecule has 0 saturated carbocycles.